The fourth-order valence-corrected chi connectivity index (χ4v) is 2.61. The summed E-state index contributed by atoms with van der Waals surface area (Å²) in [6.07, 6.45) is 4.40. The number of aryl methyl sites for hydroxylation is 2. The van der Waals surface area contributed by atoms with Crippen LogP contribution in [-0.2, 0) is 6.54 Å². The molecule has 0 amide bonds. The molecule has 0 aliphatic carbocycles. The Hall–Kier alpha value is -1.42. The standard InChI is InChI=1S/C13H16N2OS/c1-4-12(16)11-5-6-15(7-11)8-13-14-9(2)10(3)17-13/h5-7H,4,8H2,1-3H3. The zero-order valence-corrected chi connectivity index (χ0v) is 11.2. The molecule has 0 atom stereocenters. The zero-order chi connectivity index (χ0) is 12.4. The highest BCUT2D eigenvalue weighted by Gasteiger charge is 2.07. The topological polar surface area (TPSA) is 34.9 Å². The van der Waals surface area contributed by atoms with Crippen LogP contribution in [0.1, 0.15) is 39.3 Å². The lowest BCUT2D eigenvalue weighted by atomic mass is 10.2. The summed E-state index contributed by atoms with van der Waals surface area (Å²) < 4.78 is 2.01. The van der Waals surface area contributed by atoms with Crippen molar-refractivity contribution in [3.05, 3.63) is 39.6 Å². The van der Waals surface area contributed by atoms with Gasteiger partial charge < -0.3 is 4.57 Å². The molecule has 17 heavy (non-hydrogen) atoms. The molecule has 3 nitrogen and oxygen atoms in total. The summed E-state index contributed by atoms with van der Waals surface area (Å²) >= 11 is 1.72. The van der Waals surface area contributed by atoms with E-state index in [2.05, 4.69) is 11.9 Å². The summed E-state index contributed by atoms with van der Waals surface area (Å²) in [6.45, 7) is 6.73. The molecule has 0 bridgehead atoms. The predicted molar refractivity (Wildman–Crippen MR) is 69.7 cm³/mol. The maximum atomic E-state index is 11.5. The van der Waals surface area contributed by atoms with E-state index >= 15 is 0 Å². The van der Waals surface area contributed by atoms with Gasteiger partial charge >= 0.3 is 0 Å². The molecule has 0 fully saturated rings. The Bertz CT molecular complexity index is 520. The van der Waals surface area contributed by atoms with Gasteiger partial charge in [-0.25, -0.2) is 4.98 Å². The monoisotopic (exact) mass is 248 g/mol. The summed E-state index contributed by atoms with van der Waals surface area (Å²) in [5.41, 5.74) is 1.89. The predicted octanol–water partition coefficient (Wildman–Crippen LogP) is 3.20. The molecule has 0 radical (unpaired) electrons. The number of Topliss-reactive ketones (excluding diaryl/α,β-unsaturated/α-hetero) is 1. The van der Waals surface area contributed by atoms with Crippen molar-refractivity contribution < 1.29 is 4.79 Å². The van der Waals surface area contributed by atoms with E-state index in [1.165, 1.54) is 4.88 Å². The van der Waals surface area contributed by atoms with Crippen LogP contribution in [0.5, 0.6) is 0 Å². The Kier molecular flexibility index (Phi) is 3.43. The molecule has 0 unspecified atom stereocenters. The number of ketones is 1. The van der Waals surface area contributed by atoms with Gasteiger partial charge in [-0.1, -0.05) is 6.92 Å². The fraction of sp³-hybridized carbons (Fsp3) is 0.385. The van der Waals surface area contributed by atoms with Gasteiger partial charge in [-0.05, 0) is 19.9 Å². The Morgan fingerprint density at radius 3 is 2.82 bits per heavy atom. The summed E-state index contributed by atoms with van der Waals surface area (Å²) in [5.74, 6) is 0.190. The van der Waals surface area contributed by atoms with E-state index in [9.17, 15) is 4.79 Å². The first-order valence-electron chi connectivity index (χ1n) is 5.72. The average molecular weight is 248 g/mol. The van der Waals surface area contributed by atoms with E-state index in [0.717, 1.165) is 22.8 Å². The Labute approximate surface area is 105 Å². The normalized spacial score (nSPS) is 10.8. The van der Waals surface area contributed by atoms with E-state index in [4.69, 9.17) is 0 Å². The first-order chi connectivity index (χ1) is 8.10. The number of thiazole rings is 1. The zero-order valence-electron chi connectivity index (χ0n) is 10.4. The molecule has 0 saturated carbocycles. The van der Waals surface area contributed by atoms with Crippen molar-refractivity contribution in [2.45, 2.75) is 33.7 Å². The van der Waals surface area contributed by atoms with E-state index in [1.807, 2.05) is 36.9 Å². The van der Waals surface area contributed by atoms with E-state index in [-0.39, 0.29) is 5.78 Å². The molecule has 0 spiro atoms. The lowest BCUT2D eigenvalue weighted by Gasteiger charge is -1.98. The summed E-state index contributed by atoms with van der Waals surface area (Å²) in [4.78, 5) is 17.3. The lowest BCUT2D eigenvalue weighted by molar-refractivity contribution is 0.0988. The van der Waals surface area contributed by atoms with E-state index in [1.54, 1.807) is 11.3 Å². The van der Waals surface area contributed by atoms with Gasteiger partial charge in [0.25, 0.3) is 0 Å². The highest BCUT2D eigenvalue weighted by molar-refractivity contribution is 7.11. The summed E-state index contributed by atoms with van der Waals surface area (Å²) in [7, 11) is 0. The largest absolute Gasteiger partial charge is 0.347 e. The average Bonchev–Trinajstić information content (AvgIpc) is 2.87. The van der Waals surface area contributed by atoms with Crippen LogP contribution >= 0.6 is 11.3 Å². The van der Waals surface area contributed by atoms with Crippen molar-refractivity contribution in [3.63, 3.8) is 0 Å². The number of hydrogen-bond acceptors (Lipinski definition) is 3. The summed E-state index contributed by atoms with van der Waals surface area (Å²) in [5, 5.41) is 1.09. The number of nitrogens with zero attached hydrogens (tertiary/aromatic N) is 2. The van der Waals surface area contributed by atoms with Gasteiger partial charge in [-0.15, -0.1) is 11.3 Å². The Morgan fingerprint density at radius 2 is 2.24 bits per heavy atom. The molecule has 2 heterocycles. The minimum absolute atomic E-state index is 0.190. The minimum atomic E-state index is 0.190. The maximum Gasteiger partial charge on any atom is 0.164 e. The van der Waals surface area contributed by atoms with Crippen LogP contribution in [0.3, 0.4) is 0 Å². The van der Waals surface area contributed by atoms with Crippen molar-refractivity contribution in [1.82, 2.24) is 9.55 Å². The highest BCUT2D eigenvalue weighted by atomic mass is 32.1. The fourth-order valence-electron chi connectivity index (χ4n) is 1.67. The van der Waals surface area contributed by atoms with Gasteiger partial charge in [0.1, 0.15) is 5.01 Å². The van der Waals surface area contributed by atoms with Crippen molar-refractivity contribution in [1.29, 1.82) is 0 Å². The molecule has 2 aromatic heterocycles. The van der Waals surface area contributed by atoms with Crippen LogP contribution in [0, 0.1) is 13.8 Å². The number of aromatic nitrogens is 2. The molecule has 2 aromatic rings. The van der Waals surface area contributed by atoms with Gasteiger partial charge in [-0.3, -0.25) is 4.79 Å². The van der Waals surface area contributed by atoms with Gasteiger partial charge in [0.05, 0.1) is 12.2 Å². The van der Waals surface area contributed by atoms with Crippen molar-refractivity contribution in [3.8, 4) is 0 Å². The second-order valence-corrected chi connectivity index (χ2v) is 5.39. The number of hydrogen-bond donors (Lipinski definition) is 0. The number of carbonyl (C=O) groups is 1. The van der Waals surface area contributed by atoms with Crippen LogP contribution in [0.25, 0.3) is 0 Å². The van der Waals surface area contributed by atoms with Crippen molar-refractivity contribution in [2.24, 2.45) is 0 Å². The molecular formula is C13H16N2OS. The van der Waals surface area contributed by atoms with E-state index in [0.29, 0.717) is 6.42 Å². The SMILES string of the molecule is CCC(=O)c1ccn(Cc2nc(C)c(C)s2)c1. The molecule has 0 aliphatic heterocycles. The van der Waals surface area contributed by atoms with Crippen LogP contribution in [-0.4, -0.2) is 15.3 Å². The van der Waals surface area contributed by atoms with Crippen molar-refractivity contribution in [2.75, 3.05) is 0 Å². The molecule has 0 aromatic carbocycles. The van der Waals surface area contributed by atoms with Crippen LogP contribution < -0.4 is 0 Å². The van der Waals surface area contributed by atoms with Gasteiger partial charge in [0.15, 0.2) is 5.78 Å². The molecule has 4 heteroatoms. The van der Waals surface area contributed by atoms with Gasteiger partial charge in [0.2, 0.25) is 0 Å². The van der Waals surface area contributed by atoms with Gasteiger partial charge in [0, 0.05) is 29.3 Å². The first-order valence-corrected chi connectivity index (χ1v) is 6.53. The Balaban J connectivity index is 2.14. The molecule has 2 rings (SSSR count). The third kappa shape index (κ3) is 2.64. The molecular weight excluding hydrogens is 232 g/mol. The third-order valence-electron chi connectivity index (χ3n) is 2.78. The van der Waals surface area contributed by atoms with Gasteiger partial charge in [-0.2, -0.15) is 0 Å². The van der Waals surface area contributed by atoms with Crippen LogP contribution in [0.4, 0.5) is 0 Å². The van der Waals surface area contributed by atoms with Crippen LogP contribution in [0.15, 0.2) is 18.5 Å². The van der Waals surface area contributed by atoms with Crippen LogP contribution in [0.2, 0.25) is 0 Å². The smallest absolute Gasteiger partial charge is 0.164 e. The number of carbonyl (C=O) groups excluding carboxylic acids is 1. The highest BCUT2D eigenvalue weighted by Crippen LogP contribution is 2.18. The molecule has 90 valence electrons. The quantitative estimate of drug-likeness (QED) is 0.779. The molecule has 0 saturated heterocycles. The Morgan fingerprint density at radius 1 is 1.47 bits per heavy atom. The minimum Gasteiger partial charge on any atom is -0.347 e. The lowest BCUT2D eigenvalue weighted by Crippen LogP contribution is -1.97. The second kappa shape index (κ2) is 4.84. The molecule has 0 aliphatic rings. The maximum absolute atomic E-state index is 11.5. The second-order valence-electron chi connectivity index (χ2n) is 4.10. The van der Waals surface area contributed by atoms with E-state index < -0.39 is 0 Å². The summed E-state index contributed by atoms with van der Waals surface area (Å²) in [6, 6.07) is 1.87. The third-order valence-corrected chi connectivity index (χ3v) is 3.84. The van der Waals surface area contributed by atoms with Crippen molar-refractivity contribution >= 4 is 17.1 Å². The molecule has 0 N–H and O–H groups in total. The first kappa shape index (κ1) is 12.0. The number of rotatable bonds is 4.